The molecule has 0 saturated carbocycles. The summed E-state index contributed by atoms with van der Waals surface area (Å²) in [4.78, 5) is 4.18. The number of aryl methyl sites for hydroxylation is 1. The van der Waals surface area contributed by atoms with E-state index in [0.29, 0.717) is 10.6 Å². The summed E-state index contributed by atoms with van der Waals surface area (Å²) in [6.45, 7) is 1.94. The first-order valence-corrected chi connectivity index (χ1v) is 5.71. The zero-order chi connectivity index (χ0) is 10.1. The maximum Gasteiger partial charge on any atom is 0.133 e. The first-order chi connectivity index (χ1) is 6.66. The van der Waals surface area contributed by atoms with Crippen LogP contribution in [0.3, 0.4) is 0 Å². The van der Waals surface area contributed by atoms with Gasteiger partial charge in [0.05, 0.1) is 0 Å². The maximum atomic E-state index is 13.4. The zero-order valence-electron chi connectivity index (χ0n) is 7.42. The molecule has 1 aromatic heterocycles. The highest BCUT2D eigenvalue weighted by Crippen LogP contribution is 2.28. The minimum Gasteiger partial charge on any atom is -0.229 e. The molecule has 0 bridgehead atoms. The summed E-state index contributed by atoms with van der Waals surface area (Å²) in [5.74, 6) is -0.225. The second-order valence-corrected chi connectivity index (χ2v) is 4.63. The highest BCUT2D eigenvalue weighted by Gasteiger charge is 2.08. The van der Waals surface area contributed by atoms with Gasteiger partial charge in [0.2, 0.25) is 0 Å². The summed E-state index contributed by atoms with van der Waals surface area (Å²) in [5, 5.41) is 2.55. The van der Waals surface area contributed by atoms with Crippen LogP contribution >= 0.6 is 27.3 Å². The largest absolute Gasteiger partial charge is 0.229 e. The molecular formula is C10H7BrFNS. The number of rotatable bonds is 1. The minimum atomic E-state index is -0.225. The monoisotopic (exact) mass is 271 g/mol. The lowest BCUT2D eigenvalue weighted by molar-refractivity contribution is 0.631. The fourth-order valence-corrected chi connectivity index (χ4v) is 2.45. The van der Waals surface area contributed by atoms with E-state index < -0.39 is 0 Å². The lowest BCUT2D eigenvalue weighted by atomic mass is 10.1. The number of aromatic nitrogens is 1. The van der Waals surface area contributed by atoms with Crippen molar-refractivity contribution in [3.8, 4) is 10.6 Å². The Morgan fingerprint density at radius 2 is 2.21 bits per heavy atom. The highest BCUT2D eigenvalue weighted by atomic mass is 79.9. The van der Waals surface area contributed by atoms with Gasteiger partial charge in [-0.2, -0.15) is 0 Å². The van der Waals surface area contributed by atoms with Crippen LogP contribution < -0.4 is 0 Å². The summed E-state index contributed by atoms with van der Waals surface area (Å²) < 4.78 is 14.2. The topological polar surface area (TPSA) is 12.9 Å². The zero-order valence-corrected chi connectivity index (χ0v) is 9.82. The predicted molar refractivity (Wildman–Crippen MR) is 59.9 cm³/mol. The average Bonchev–Trinajstić information content (AvgIpc) is 2.56. The molecule has 0 unspecified atom stereocenters. The Balaban J connectivity index is 2.55. The van der Waals surface area contributed by atoms with Crippen LogP contribution in [0.25, 0.3) is 10.6 Å². The number of hydrogen-bond donors (Lipinski definition) is 0. The molecule has 0 fully saturated rings. The third kappa shape index (κ3) is 1.86. The minimum absolute atomic E-state index is 0.225. The fourth-order valence-electron chi connectivity index (χ4n) is 1.18. The molecule has 72 valence electrons. The Morgan fingerprint density at radius 1 is 1.43 bits per heavy atom. The van der Waals surface area contributed by atoms with Crippen LogP contribution in [0, 0.1) is 12.7 Å². The third-order valence-electron chi connectivity index (χ3n) is 1.83. The van der Waals surface area contributed by atoms with Crippen molar-refractivity contribution in [3.05, 3.63) is 39.6 Å². The van der Waals surface area contributed by atoms with Gasteiger partial charge in [-0.05, 0) is 35.0 Å². The SMILES string of the molecule is Cc1ccc(F)c(-c2nc(Br)cs2)c1. The van der Waals surface area contributed by atoms with E-state index in [2.05, 4.69) is 20.9 Å². The molecule has 0 saturated heterocycles. The molecule has 0 aliphatic heterocycles. The van der Waals surface area contributed by atoms with E-state index in [1.807, 2.05) is 12.3 Å². The van der Waals surface area contributed by atoms with Crippen molar-refractivity contribution in [2.45, 2.75) is 6.92 Å². The van der Waals surface area contributed by atoms with Crippen molar-refractivity contribution in [2.24, 2.45) is 0 Å². The predicted octanol–water partition coefficient (Wildman–Crippen LogP) is 4.02. The summed E-state index contributed by atoms with van der Waals surface area (Å²) in [6, 6.07) is 5.03. The Hall–Kier alpha value is -0.740. The van der Waals surface area contributed by atoms with E-state index in [4.69, 9.17) is 0 Å². The van der Waals surface area contributed by atoms with E-state index in [1.165, 1.54) is 17.4 Å². The second-order valence-electron chi connectivity index (χ2n) is 2.96. The number of thiazole rings is 1. The molecule has 1 nitrogen and oxygen atoms in total. The number of nitrogens with zero attached hydrogens (tertiary/aromatic N) is 1. The van der Waals surface area contributed by atoms with E-state index >= 15 is 0 Å². The standard InChI is InChI=1S/C10H7BrFNS/c1-6-2-3-8(12)7(4-6)10-13-9(11)5-14-10/h2-5H,1H3. The van der Waals surface area contributed by atoms with Crippen LogP contribution in [0.15, 0.2) is 28.2 Å². The van der Waals surface area contributed by atoms with Gasteiger partial charge in [-0.3, -0.25) is 0 Å². The van der Waals surface area contributed by atoms with Gasteiger partial charge in [0.15, 0.2) is 0 Å². The Labute approximate surface area is 93.7 Å². The van der Waals surface area contributed by atoms with Gasteiger partial charge < -0.3 is 0 Å². The molecule has 1 aromatic carbocycles. The molecule has 0 atom stereocenters. The van der Waals surface area contributed by atoms with Crippen LogP contribution in [-0.2, 0) is 0 Å². The molecule has 2 aromatic rings. The van der Waals surface area contributed by atoms with E-state index in [-0.39, 0.29) is 5.82 Å². The summed E-state index contributed by atoms with van der Waals surface area (Å²) in [6.07, 6.45) is 0. The van der Waals surface area contributed by atoms with Crippen molar-refractivity contribution < 1.29 is 4.39 Å². The number of halogens is 2. The Morgan fingerprint density at radius 3 is 2.86 bits per heavy atom. The molecular weight excluding hydrogens is 265 g/mol. The number of hydrogen-bond acceptors (Lipinski definition) is 2. The van der Waals surface area contributed by atoms with Crippen molar-refractivity contribution in [1.29, 1.82) is 0 Å². The van der Waals surface area contributed by atoms with Gasteiger partial charge in [-0.15, -0.1) is 11.3 Å². The third-order valence-corrected chi connectivity index (χ3v) is 3.41. The molecule has 0 aliphatic rings. The molecule has 0 spiro atoms. The van der Waals surface area contributed by atoms with Gasteiger partial charge in [0.1, 0.15) is 15.4 Å². The van der Waals surface area contributed by atoms with Gasteiger partial charge in [0.25, 0.3) is 0 Å². The second kappa shape index (κ2) is 3.79. The van der Waals surface area contributed by atoms with Gasteiger partial charge in [0, 0.05) is 10.9 Å². The van der Waals surface area contributed by atoms with Gasteiger partial charge >= 0.3 is 0 Å². The van der Waals surface area contributed by atoms with Crippen molar-refractivity contribution in [3.63, 3.8) is 0 Å². The summed E-state index contributed by atoms with van der Waals surface area (Å²) in [7, 11) is 0. The maximum absolute atomic E-state index is 13.4. The Bertz CT molecular complexity index is 467. The van der Waals surface area contributed by atoms with E-state index in [1.54, 1.807) is 12.1 Å². The average molecular weight is 272 g/mol. The summed E-state index contributed by atoms with van der Waals surface area (Å²) in [5.41, 5.74) is 1.61. The molecule has 2 rings (SSSR count). The molecule has 0 N–H and O–H groups in total. The van der Waals surface area contributed by atoms with Crippen LogP contribution in [0.1, 0.15) is 5.56 Å². The van der Waals surface area contributed by atoms with E-state index in [0.717, 1.165) is 10.2 Å². The first kappa shape index (κ1) is 9.80. The lowest BCUT2D eigenvalue weighted by Gasteiger charge is -1.99. The van der Waals surface area contributed by atoms with Crippen molar-refractivity contribution in [2.75, 3.05) is 0 Å². The van der Waals surface area contributed by atoms with Gasteiger partial charge in [-0.1, -0.05) is 11.6 Å². The van der Waals surface area contributed by atoms with Crippen LogP contribution in [0.5, 0.6) is 0 Å². The first-order valence-electron chi connectivity index (χ1n) is 4.04. The van der Waals surface area contributed by atoms with Crippen molar-refractivity contribution in [1.82, 2.24) is 4.98 Å². The smallest absolute Gasteiger partial charge is 0.133 e. The summed E-state index contributed by atoms with van der Waals surface area (Å²) >= 11 is 4.68. The molecule has 0 radical (unpaired) electrons. The van der Waals surface area contributed by atoms with Crippen LogP contribution in [-0.4, -0.2) is 4.98 Å². The van der Waals surface area contributed by atoms with E-state index in [9.17, 15) is 4.39 Å². The quantitative estimate of drug-likeness (QED) is 0.764. The molecule has 1 heterocycles. The molecule has 0 aliphatic carbocycles. The Kier molecular flexibility index (Phi) is 2.65. The van der Waals surface area contributed by atoms with Crippen LogP contribution in [0.4, 0.5) is 4.39 Å². The molecule has 0 amide bonds. The van der Waals surface area contributed by atoms with Gasteiger partial charge in [-0.25, -0.2) is 9.37 Å². The highest BCUT2D eigenvalue weighted by molar-refractivity contribution is 9.10. The number of benzene rings is 1. The normalized spacial score (nSPS) is 10.5. The van der Waals surface area contributed by atoms with Crippen LogP contribution in [0.2, 0.25) is 0 Å². The molecule has 4 heteroatoms. The van der Waals surface area contributed by atoms with Crippen molar-refractivity contribution >= 4 is 27.3 Å². The fraction of sp³-hybridized carbons (Fsp3) is 0.100. The molecule has 14 heavy (non-hydrogen) atoms. The lowest BCUT2D eigenvalue weighted by Crippen LogP contribution is -1.84.